The van der Waals surface area contributed by atoms with Crippen molar-refractivity contribution in [2.45, 2.75) is 0 Å². The number of hydrogen-bond acceptors (Lipinski definition) is 5. The summed E-state index contributed by atoms with van der Waals surface area (Å²) in [5, 5.41) is 12.3. The van der Waals surface area contributed by atoms with Crippen molar-refractivity contribution in [1.82, 2.24) is 15.0 Å². The Hall–Kier alpha value is -3.78. The molecule has 0 radical (unpaired) electrons. The number of nitrogens with one attached hydrogen (secondary N) is 2. The van der Waals surface area contributed by atoms with Gasteiger partial charge < -0.3 is 9.97 Å². The molecule has 0 bridgehead atoms. The van der Waals surface area contributed by atoms with E-state index in [1.165, 1.54) is 23.5 Å². The summed E-state index contributed by atoms with van der Waals surface area (Å²) in [7, 11) is 0. The van der Waals surface area contributed by atoms with E-state index in [-0.39, 0.29) is 11.2 Å². The van der Waals surface area contributed by atoms with Crippen LogP contribution in [0.1, 0.15) is 0 Å². The second-order valence-electron chi connectivity index (χ2n) is 6.30. The Morgan fingerprint density at radius 3 is 2.61 bits per heavy atom. The number of non-ortho nitro benzene ring substituents is 1. The molecular weight excluding hydrogens is 376 g/mol. The number of nitro benzene ring substituents is 1. The van der Waals surface area contributed by atoms with Crippen LogP contribution in [-0.2, 0) is 0 Å². The first-order valence-electron chi connectivity index (χ1n) is 8.45. The normalized spacial score (nSPS) is 11.3. The number of hydrogen-bond donors (Lipinski definition) is 2. The molecule has 0 aliphatic heterocycles. The molecule has 2 N–H and O–H groups in total. The number of benzene rings is 2. The van der Waals surface area contributed by atoms with Gasteiger partial charge in [-0.3, -0.25) is 14.9 Å². The van der Waals surface area contributed by atoms with Crippen molar-refractivity contribution in [3.05, 3.63) is 81.3 Å². The van der Waals surface area contributed by atoms with Gasteiger partial charge in [-0.1, -0.05) is 18.2 Å². The number of H-pyrrole nitrogens is 2. The minimum Gasteiger partial charge on any atom is -0.360 e. The van der Waals surface area contributed by atoms with Crippen molar-refractivity contribution in [2.75, 3.05) is 0 Å². The van der Waals surface area contributed by atoms with E-state index in [1.54, 1.807) is 18.2 Å². The highest BCUT2D eigenvalue weighted by Crippen LogP contribution is 2.33. The van der Waals surface area contributed by atoms with Crippen molar-refractivity contribution in [2.24, 2.45) is 0 Å². The molecule has 0 saturated carbocycles. The molecule has 136 valence electrons. The number of thiophene rings is 1. The van der Waals surface area contributed by atoms with Crippen LogP contribution in [0.4, 0.5) is 5.69 Å². The Labute approximate surface area is 161 Å². The lowest BCUT2D eigenvalue weighted by molar-refractivity contribution is -0.384. The van der Waals surface area contributed by atoms with Crippen molar-refractivity contribution >= 4 is 38.1 Å². The minimum absolute atomic E-state index is 0.0301. The van der Waals surface area contributed by atoms with E-state index < -0.39 is 4.92 Å². The van der Waals surface area contributed by atoms with E-state index in [1.807, 2.05) is 30.5 Å². The molecule has 0 fully saturated rings. The summed E-state index contributed by atoms with van der Waals surface area (Å²) in [6.07, 6.45) is 1.83. The Morgan fingerprint density at radius 2 is 1.82 bits per heavy atom. The maximum atomic E-state index is 12.6. The first-order valence-corrected chi connectivity index (χ1v) is 9.27. The molecule has 0 unspecified atom stereocenters. The topological polar surface area (TPSA) is 105 Å². The van der Waals surface area contributed by atoms with Gasteiger partial charge in [0, 0.05) is 39.7 Å². The van der Waals surface area contributed by atoms with Crippen LogP contribution in [0, 0.1) is 10.1 Å². The van der Waals surface area contributed by atoms with E-state index >= 15 is 0 Å². The smallest absolute Gasteiger partial charge is 0.269 e. The van der Waals surface area contributed by atoms with E-state index in [2.05, 4.69) is 15.0 Å². The van der Waals surface area contributed by atoms with Gasteiger partial charge in [-0.15, -0.1) is 11.3 Å². The fourth-order valence-corrected chi connectivity index (χ4v) is 4.25. The van der Waals surface area contributed by atoms with Crippen molar-refractivity contribution < 1.29 is 4.92 Å². The van der Waals surface area contributed by atoms with Gasteiger partial charge in [-0.05, 0) is 29.8 Å². The largest absolute Gasteiger partial charge is 0.360 e. The maximum Gasteiger partial charge on any atom is 0.269 e. The Morgan fingerprint density at radius 1 is 1.04 bits per heavy atom. The molecule has 0 aliphatic rings. The lowest BCUT2D eigenvalue weighted by Crippen LogP contribution is -2.07. The molecule has 0 atom stereocenters. The molecular formula is C20H12N4O3S. The number of aromatic nitrogens is 3. The first kappa shape index (κ1) is 16.4. The van der Waals surface area contributed by atoms with E-state index in [9.17, 15) is 14.9 Å². The maximum absolute atomic E-state index is 12.6. The average Bonchev–Trinajstić information content (AvgIpc) is 3.32. The Balaban J connectivity index is 1.63. The van der Waals surface area contributed by atoms with Gasteiger partial charge in [0.05, 0.1) is 10.3 Å². The fourth-order valence-electron chi connectivity index (χ4n) is 3.22. The molecule has 2 aromatic carbocycles. The lowest BCUT2D eigenvalue weighted by Gasteiger charge is -1.99. The highest BCUT2D eigenvalue weighted by molar-refractivity contribution is 7.21. The van der Waals surface area contributed by atoms with Crippen LogP contribution in [0.5, 0.6) is 0 Å². The highest BCUT2D eigenvalue weighted by Gasteiger charge is 2.14. The molecule has 0 amide bonds. The van der Waals surface area contributed by atoms with Gasteiger partial charge in [-0.25, -0.2) is 4.98 Å². The molecule has 3 aromatic heterocycles. The Bertz CT molecular complexity index is 1410. The second kappa shape index (κ2) is 6.14. The lowest BCUT2D eigenvalue weighted by atomic mass is 10.1. The zero-order chi connectivity index (χ0) is 19.3. The van der Waals surface area contributed by atoms with E-state index in [0.717, 1.165) is 26.9 Å². The standard InChI is InChI=1S/C20H12N4O3S/c25-19-14-9-17(11-5-7-12(8-6-11)24(26)27)28-20(14)23-18(22-19)15-10-21-16-4-2-1-3-13(15)16/h1-10,21H,(H,22,23,25). The van der Waals surface area contributed by atoms with Crippen LogP contribution >= 0.6 is 11.3 Å². The van der Waals surface area contributed by atoms with Crippen molar-refractivity contribution in [1.29, 1.82) is 0 Å². The summed E-state index contributed by atoms with van der Waals surface area (Å²) in [4.78, 5) is 35.2. The number of nitrogens with zero attached hydrogens (tertiary/aromatic N) is 2. The van der Waals surface area contributed by atoms with Gasteiger partial charge in [0.1, 0.15) is 10.7 Å². The minimum atomic E-state index is -0.436. The van der Waals surface area contributed by atoms with Crippen LogP contribution in [0.15, 0.2) is 65.6 Å². The average molecular weight is 388 g/mol. The first-order chi connectivity index (χ1) is 13.6. The van der Waals surface area contributed by atoms with E-state index in [4.69, 9.17) is 0 Å². The van der Waals surface area contributed by atoms with E-state index in [0.29, 0.717) is 16.0 Å². The zero-order valence-corrected chi connectivity index (χ0v) is 15.1. The van der Waals surface area contributed by atoms with Gasteiger partial charge in [-0.2, -0.15) is 0 Å². The molecule has 7 nitrogen and oxygen atoms in total. The molecule has 8 heteroatoms. The fraction of sp³-hybridized carbons (Fsp3) is 0. The molecule has 3 heterocycles. The summed E-state index contributed by atoms with van der Waals surface area (Å²) < 4.78 is 0. The summed E-state index contributed by atoms with van der Waals surface area (Å²) in [6, 6.07) is 15.9. The molecule has 0 saturated heterocycles. The predicted molar refractivity (Wildman–Crippen MR) is 110 cm³/mol. The SMILES string of the molecule is O=c1[nH]c(-c2c[nH]c3ccccc23)nc2sc(-c3ccc([N+](=O)[O-])cc3)cc12. The third-order valence-corrected chi connectivity index (χ3v) is 5.69. The van der Waals surface area contributed by atoms with Crippen LogP contribution in [-0.4, -0.2) is 19.9 Å². The number of rotatable bonds is 3. The monoisotopic (exact) mass is 388 g/mol. The predicted octanol–water partition coefficient (Wildman–Crippen LogP) is 4.71. The summed E-state index contributed by atoms with van der Waals surface area (Å²) in [5.74, 6) is 0.507. The number of nitro groups is 1. The number of fused-ring (bicyclic) bond motifs is 2. The van der Waals surface area contributed by atoms with Gasteiger partial charge >= 0.3 is 0 Å². The van der Waals surface area contributed by atoms with Gasteiger partial charge in [0.2, 0.25) is 0 Å². The third kappa shape index (κ3) is 2.58. The summed E-state index contributed by atoms with van der Waals surface area (Å²) >= 11 is 1.38. The highest BCUT2D eigenvalue weighted by atomic mass is 32.1. The summed E-state index contributed by atoms with van der Waals surface area (Å²) in [5.41, 5.74) is 2.43. The summed E-state index contributed by atoms with van der Waals surface area (Å²) in [6.45, 7) is 0. The quantitative estimate of drug-likeness (QED) is 0.345. The van der Waals surface area contributed by atoms with Gasteiger partial charge in [0.15, 0.2) is 0 Å². The molecule has 0 aliphatic carbocycles. The number of aromatic amines is 2. The van der Waals surface area contributed by atoms with Crippen LogP contribution in [0.25, 0.3) is 42.9 Å². The van der Waals surface area contributed by atoms with Crippen LogP contribution < -0.4 is 5.56 Å². The third-order valence-electron chi connectivity index (χ3n) is 4.61. The van der Waals surface area contributed by atoms with Gasteiger partial charge in [0.25, 0.3) is 11.2 Å². The molecule has 5 aromatic rings. The number of para-hydroxylation sites is 1. The van der Waals surface area contributed by atoms with Crippen molar-refractivity contribution in [3.8, 4) is 21.8 Å². The second-order valence-corrected chi connectivity index (χ2v) is 7.33. The zero-order valence-electron chi connectivity index (χ0n) is 14.3. The Kier molecular flexibility index (Phi) is 3.59. The molecule has 0 spiro atoms. The molecule has 5 rings (SSSR count). The van der Waals surface area contributed by atoms with Crippen LogP contribution in [0.2, 0.25) is 0 Å². The van der Waals surface area contributed by atoms with Crippen LogP contribution in [0.3, 0.4) is 0 Å². The molecule has 28 heavy (non-hydrogen) atoms. The van der Waals surface area contributed by atoms with Crippen molar-refractivity contribution in [3.63, 3.8) is 0 Å².